The Kier molecular flexibility index (Phi) is 3.90. The van der Waals surface area contributed by atoms with Crippen LogP contribution in [0.1, 0.15) is 16.2 Å². The van der Waals surface area contributed by atoms with Crippen LogP contribution in [-0.2, 0) is 9.47 Å². The molecule has 22 heavy (non-hydrogen) atoms. The second kappa shape index (κ2) is 6.17. The highest BCUT2D eigenvalue weighted by Gasteiger charge is 2.18. The second-order valence-electron chi connectivity index (χ2n) is 4.27. The lowest BCUT2D eigenvalue weighted by Gasteiger charge is -2.11. The fourth-order valence-electron chi connectivity index (χ4n) is 1.85. The zero-order valence-corrected chi connectivity index (χ0v) is 11.7. The Hall–Kier alpha value is -3.03. The largest absolute Gasteiger partial charge is 0.496 e. The smallest absolute Gasteiger partial charge is 0.322 e. The fourth-order valence-corrected chi connectivity index (χ4v) is 1.85. The molecule has 0 fully saturated rings. The van der Waals surface area contributed by atoms with E-state index >= 15 is 0 Å². The molecule has 1 aliphatic rings. The van der Waals surface area contributed by atoms with Crippen molar-refractivity contribution in [3.63, 3.8) is 0 Å². The number of anilines is 1. The van der Waals surface area contributed by atoms with Crippen LogP contribution in [0.15, 0.2) is 34.9 Å². The minimum absolute atomic E-state index is 0.0408. The van der Waals surface area contributed by atoms with Gasteiger partial charge >= 0.3 is 6.01 Å². The van der Waals surface area contributed by atoms with Gasteiger partial charge in [-0.05, 0) is 12.1 Å². The quantitative estimate of drug-likeness (QED) is 0.917. The molecular formula is C14H13N3O5. The zero-order valence-electron chi connectivity index (χ0n) is 11.7. The second-order valence-corrected chi connectivity index (χ2v) is 4.27. The third-order valence-electron chi connectivity index (χ3n) is 2.86. The van der Waals surface area contributed by atoms with Crippen LogP contribution in [0, 0.1) is 0 Å². The Labute approximate surface area is 125 Å². The van der Waals surface area contributed by atoms with Crippen molar-refractivity contribution in [2.75, 3.05) is 25.6 Å². The first-order chi connectivity index (χ1) is 10.8. The predicted molar refractivity (Wildman–Crippen MR) is 75.1 cm³/mol. The SMILES string of the molecule is COc1ccccc1C(=O)Nc1nnc(C2=COCCO2)o1. The Morgan fingerprint density at radius 1 is 1.27 bits per heavy atom. The van der Waals surface area contributed by atoms with Crippen molar-refractivity contribution >= 4 is 17.7 Å². The third-order valence-corrected chi connectivity index (χ3v) is 2.86. The summed E-state index contributed by atoms with van der Waals surface area (Å²) in [5, 5.41) is 10.0. The van der Waals surface area contributed by atoms with Crippen LogP contribution in [0.25, 0.3) is 5.76 Å². The Balaban J connectivity index is 1.75. The highest BCUT2D eigenvalue weighted by Crippen LogP contribution is 2.21. The van der Waals surface area contributed by atoms with E-state index in [0.717, 1.165) is 0 Å². The van der Waals surface area contributed by atoms with Gasteiger partial charge in [0.2, 0.25) is 5.76 Å². The summed E-state index contributed by atoms with van der Waals surface area (Å²) in [4.78, 5) is 12.2. The van der Waals surface area contributed by atoms with Crippen molar-refractivity contribution in [3.05, 3.63) is 42.0 Å². The van der Waals surface area contributed by atoms with E-state index in [4.69, 9.17) is 18.6 Å². The van der Waals surface area contributed by atoms with Gasteiger partial charge in [-0.15, -0.1) is 5.10 Å². The van der Waals surface area contributed by atoms with E-state index in [2.05, 4.69) is 15.5 Å². The molecule has 0 saturated heterocycles. The van der Waals surface area contributed by atoms with Gasteiger partial charge in [0.1, 0.15) is 25.2 Å². The molecular weight excluding hydrogens is 290 g/mol. The van der Waals surface area contributed by atoms with Crippen LogP contribution in [0.2, 0.25) is 0 Å². The number of benzene rings is 1. The van der Waals surface area contributed by atoms with Gasteiger partial charge < -0.3 is 18.6 Å². The highest BCUT2D eigenvalue weighted by atomic mass is 16.6. The number of ether oxygens (including phenoxy) is 3. The molecule has 0 saturated carbocycles. The molecule has 1 aliphatic heterocycles. The number of carbonyl (C=O) groups is 1. The summed E-state index contributed by atoms with van der Waals surface area (Å²) >= 11 is 0. The molecule has 2 aromatic rings. The Morgan fingerprint density at radius 2 is 2.14 bits per heavy atom. The van der Waals surface area contributed by atoms with Crippen LogP contribution < -0.4 is 10.1 Å². The summed E-state index contributed by atoms with van der Waals surface area (Å²) < 4.78 is 20.9. The number of carbonyl (C=O) groups excluding carboxylic acids is 1. The first-order valence-corrected chi connectivity index (χ1v) is 6.51. The lowest BCUT2D eigenvalue weighted by atomic mass is 10.2. The van der Waals surface area contributed by atoms with Gasteiger partial charge in [0.25, 0.3) is 11.8 Å². The van der Waals surface area contributed by atoms with Crippen molar-refractivity contribution in [3.8, 4) is 5.75 Å². The summed E-state index contributed by atoms with van der Waals surface area (Å²) in [6, 6.07) is 6.78. The van der Waals surface area contributed by atoms with Gasteiger partial charge in [-0.1, -0.05) is 17.2 Å². The molecule has 0 atom stereocenters. The van der Waals surface area contributed by atoms with Crippen LogP contribution in [0.3, 0.4) is 0 Å². The number of hydrogen-bond acceptors (Lipinski definition) is 7. The van der Waals surface area contributed by atoms with Gasteiger partial charge in [0.15, 0.2) is 0 Å². The van der Waals surface area contributed by atoms with Gasteiger partial charge in [0, 0.05) is 0 Å². The Morgan fingerprint density at radius 3 is 2.91 bits per heavy atom. The summed E-state index contributed by atoms with van der Waals surface area (Å²) in [6.45, 7) is 0.867. The molecule has 0 radical (unpaired) electrons. The van der Waals surface area contributed by atoms with Crippen LogP contribution in [0.5, 0.6) is 5.75 Å². The maximum atomic E-state index is 12.2. The lowest BCUT2D eigenvalue weighted by molar-refractivity contribution is 0.102. The molecule has 0 unspecified atom stereocenters. The van der Waals surface area contributed by atoms with Crippen LogP contribution in [-0.4, -0.2) is 36.4 Å². The average Bonchev–Trinajstić information content (AvgIpc) is 3.04. The van der Waals surface area contributed by atoms with Crippen molar-refractivity contribution in [1.82, 2.24) is 10.2 Å². The first-order valence-electron chi connectivity index (χ1n) is 6.51. The molecule has 1 amide bonds. The monoisotopic (exact) mass is 303 g/mol. The van der Waals surface area contributed by atoms with Gasteiger partial charge in [-0.3, -0.25) is 10.1 Å². The minimum Gasteiger partial charge on any atom is -0.496 e. The topological polar surface area (TPSA) is 95.7 Å². The number of hydrogen-bond donors (Lipinski definition) is 1. The summed E-state index contributed by atoms with van der Waals surface area (Å²) in [6.07, 6.45) is 1.39. The number of nitrogens with one attached hydrogen (secondary N) is 1. The number of amides is 1. The van der Waals surface area contributed by atoms with Crippen LogP contribution >= 0.6 is 0 Å². The molecule has 2 heterocycles. The third kappa shape index (κ3) is 2.85. The minimum atomic E-state index is -0.414. The lowest BCUT2D eigenvalue weighted by Crippen LogP contribution is -2.13. The van der Waals surface area contributed by atoms with E-state index in [1.165, 1.54) is 13.4 Å². The van der Waals surface area contributed by atoms with E-state index in [0.29, 0.717) is 30.3 Å². The summed E-state index contributed by atoms with van der Waals surface area (Å²) in [5.41, 5.74) is 0.362. The highest BCUT2D eigenvalue weighted by molar-refractivity contribution is 6.05. The number of aromatic nitrogens is 2. The normalized spacial score (nSPS) is 13.6. The molecule has 1 N–H and O–H groups in total. The van der Waals surface area contributed by atoms with E-state index < -0.39 is 5.91 Å². The molecule has 114 valence electrons. The van der Waals surface area contributed by atoms with Gasteiger partial charge in [-0.2, -0.15) is 0 Å². The zero-order chi connectivity index (χ0) is 15.4. The molecule has 8 heteroatoms. The number of para-hydroxylation sites is 1. The van der Waals surface area contributed by atoms with Crippen molar-refractivity contribution in [2.24, 2.45) is 0 Å². The summed E-state index contributed by atoms with van der Waals surface area (Å²) in [5.74, 6) is 0.500. The predicted octanol–water partition coefficient (Wildman–Crippen LogP) is 1.68. The van der Waals surface area contributed by atoms with Crippen molar-refractivity contribution in [1.29, 1.82) is 0 Å². The maximum absolute atomic E-state index is 12.2. The molecule has 1 aromatic heterocycles. The first kappa shape index (κ1) is 13.9. The Bertz CT molecular complexity index is 710. The van der Waals surface area contributed by atoms with E-state index in [-0.39, 0.29) is 11.9 Å². The van der Waals surface area contributed by atoms with E-state index in [9.17, 15) is 4.79 Å². The van der Waals surface area contributed by atoms with Gasteiger partial charge in [-0.25, -0.2) is 0 Å². The molecule has 0 bridgehead atoms. The fraction of sp³-hybridized carbons (Fsp3) is 0.214. The molecule has 3 rings (SSSR count). The van der Waals surface area contributed by atoms with Crippen molar-refractivity contribution < 1.29 is 23.4 Å². The number of rotatable bonds is 4. The van der Waals surface area contributed by atoms with Gasteiger partial charge in [0.05, 0.1) is 12.7 Å². The average molecular weight is 303 g/mol. The maximum Gasteiger partial charge on any atom is 0.322 e. The van der Waals surface area contributed by atoms with E-state index in [1.54, 1.807) is 24.3 Å². The van der Waals surface area contributed by atoms with Crippen molar-refractivity contribution in [2.45, 2.75) is 0 Å². The molecule has 1 aromatic carbocycles. The van der Waals surface area contributed by atoms with Crippen LogP contribution in [0.4, 0.5) is 6.01 Å². The molecule has 0 spiro atoms. The summed E-state index contributed by atoms with van der Waals surface area (Å²) in [7, 11) is 1.49. The number of nitrogens with zero attached hydrogens (tertiary/aromatic N) is 2. The molecule has 8 nitrogen and oxygen atoms in total. The number of methoxy groups -OCH3 is 1. The standard InChI is InChI=1S/C14H13N3O5/c1-19-10-5-3-2-4-9(10)12(18)15-14-17-16-13(22-14)11-8-20-6-7-21-11/h2-5,8H,6-7H2,1H3,(H,15,17,18). The van der Waals surface area contributed by atoms with E-state index in [1.807, 2.05) is 0 Å². The molecule has 0 aliphatic carbocycles.